The molecule has 1 aliphatic rings. The van der Waals surface area contributed by atoms with Gasteiger partial charge in [0.2, 0.25) is 15.1 Å². The fraction of sp³-hybridized carbons (Fsp3) is 1.00. The van der Waals surface area contributed by atoms with Crippen molar-refractivity contribution < 1.29 is 32.4 Å². The van der Waals surface area contributed by atoms with Gasteiger partial charge in [0.05, 0.1) is 116 Å². The van der Waals surface area contributed by atoms with Gasteiger partial charge in [-0.3, -0.25) is 15.6 Å². The van der Waals surface area contributed by atoms with Crippen LogP contribution < -0.4 is 19.4 Å². The second-order valence-corrected chi connectivity index (χ2v) is 40.6. The van der Waals surface area contributed by atoms with Crippen LogP contribution in [0.5, 0.6) is 0 Å². The molecule has 0 saturated carbocycles. The van der Waals surface area contributed by atoms with Gasteiger partial charge < -0.3 is 19.4 Å². The minimum absolute atomic E-state index is 0. The van der Waals surface area contributed by atoms with E-state index in [9.17, 15) is 0 Å². The number of nitrogens with one attached hydrogen (secondary N) is 4. The molecule has 1 radical (unpaired) electrons. The summed E-state index contributed by atoms with van der Waals surface area (Å²) in [5, 5.41) is 20.0. The van der Waals surface area contributed by atoms with Gasteiger partial charge in [0.25, 0.3) is 0 Å². The summed E-state index contributed by atoms with van der Waals surface area (Å²) in [6.45, 7) is 36.6. The van der Waals surface area contributed by atoms with Crippen molar-refractivity contribution in [3.63, 3.8) is 0 Å². The average Bonchev–Trinajstić information content (AvgIpc) is 2.31. The Balaban J connectivity index is 0. The zero-order chi connectivity index (χ0) is 29.2. The first-order chi connectivity index (χ1) is 15.4. The van der Waals surface area contributed by atoms with Crippen molar-refractivity contribution in [2.75, 3.05) is 107 Å². The van der Waals surface area contributed by atoms with Gasteiger partial charge in [-0.15, -0.1) is 4.86 Å². The maximum absolute atomic E-state index is 7.00. The van der Waals surface area contributed by atoms with Crippen LogP contribution in [0.4, 0.5) is 0 Å². The summed E-state index contributed by atoms with van der Waals surface area (Å²) in [7, 11) is -13.6. The van der Waals surface area contributed by atoms with Crippen molar-refractivity contribution in [2.45, 2.75) is 0 Å². The van der Waals surface area contributed by atoms with Crippen LogP contribution in [0.3, 0.4) is 0 Å². The largest absolute Gasteiger partial charge is 0.317 e. The Morgan fingerprint density at radius 2 is 0.595 bits per heavy atom. The Kier molecular flexibility index (Phi) is 17.2. The van der Waals surface area contributed by atoms with Crippen molar-refractivity contribution in [2.24, 2.45) is 0 Å². The van der Waals surface area contributed by atoms with Crippen LogP contribution >= 0.6 is 60.5 Å². The first-order valence-corrected chi connectivity index (χ1v) is 32.2. The van der Waals surface area contributed by atoms with Crippen LogP contribution in [0.2, 0.25) is 0 Å². The Bertz CT molecular complexity index is 529. The van der Waals surface area contributed by atoms with E-state index in [1.165, 1.54) is 0 Å². The molecular formula is C16H55CoN9O3P8+4. The fourth-order valence-electron chi connectivity index (χ4n) is 4.80. The third-order valence-electron chi connectivity index (χ3n) is 3.75. The third-order valence-corrected chi connectivity index (χ3v) is 33.7. The molecule has 0 aromatic rings. The van der Waals surface area contributed by atoms with E-state index < -0.39 is 65.9 Å². The number of hydrogen-bond acceptors (Lipinski definition) is 8. The van der Waals surface area contributed by atoms with Crippen LogP contribution in [-0.4, -0.2) is 128 Å². The molecule has 1 fully saturated rings. The molecule has 1 heterocycles. The van der Waals surface area contributed by atoms with E-state index in [4.69, 9.17) is 35.1 Å². The monoisotopic (exact) mass is 728 g/mol. The summed E-state index contributed by atoms with van der Waals surface area (Å²) in [5.74, 6) is 0. The Morgan fingerprint density at radius 3 is 0.811 bits per heavy atom. The molecule has 37 heavy (non-hydrogen) atoms. The van der Waals surface area contributed by atoms with E-state index in [2.05, 4.69) is 126 Å². The molecule has 21 heteroatoms. The molecular weight excluding hydrogens is 673 g/mol. The topological polar surface area (TPSA) is 168 Å². The van der Waals surface area contributed by atoms with E-state index in [0.29, 0.717) is 0 Å². The summed E-state index contributed by atoms with van der Waals surface area (Å²) >= 11 is 0. The maximum Gasteiger partial charge on any atom is 0.215 e. The summed E-state index contributed by atoms with van der Waals surface area (Å²) < 4.78 is 0. The van der Waals surface area contributed by atoms with E-state index in [1.807, 2.05) is 0 Å². The smallest absolute Gasteiger partial charge is 0.215 e. The second-order valence-electron chi connectivity index (χ2n) is 12.2. The molecule has 0 aromatic heterocycles. The molecule has 0 spiro atoms. The Morgan fingerprint density at radius 1 is 0.405 bits per heavy atom. The number of nitrogens with zero attached hydrogens (tertiary/aromatic N) is 5. The maximum atomic E-state index is 7.00. The van der Waals surface area contributed by atoms with Crippen molar-refractivity contribution in [3.05, 3.63) is 19.4 Å². The third kappa shape index (κ3) is 20.9. The summed E-state index contributed by atoms with van der Waals surface area (Å²) in [6.07, 6.45) is 0. The zero-order valence-electron chi connectivity index (χ0n) is 25.5. The van der Waals surface area contributed by atoms with E-state index in [0.717, 1.165) is 0 Å². The SMILES string of the molecule is C[P+]1(C)[N-][P+](C)(C)N[P+](C)(C)[N-][P+](C)(C)[N-][P+](C)(C)N[P+](C)(C)N[P+](C)(C)N[P+](C)(C)[N-]1.ON(O)O.[Co]. The van der Waals surface area contributed by atoms with Gasteiger partial charge >= 0.3 is 0 Å². The van der Waals surface area contributed by atoms with Crippen molar-refractivity contribution in [3.8, 4) is 0 Å². The number of rotatable bonds is 0. The molecule has 0 aliphatic carbocycles. The van der Waals surface area contributed by atoms with Crippen molar-refractivity contribution >= 4 is 60.5 Å². The minimum Gasteiger partial charge on any atom is -0.317 e. The van der Waals surface area contributed by atoms with Gasteiger partial charge in [-0.05, 0) is 4.86 Å². The summed E-state index contributed by atoms with van der Waals surface area (Å²) in [5.41, 5.74) is 0. The van der Waals surface area contributed by atoms with Crippen LogP contribution in [0.15, 0.2) is 0 Å². The van der Waals surface area contributed by atoms with Gasteiger partial charge in [0.1, 0.15) is 0 Å². The molecule has 1 saturated heterocycles. The molecule has 1 aliphatic heterocycles. The second kappa shape index (κ2) is 15.0. The molecule has 0 bridgehead atoms. The van der Waals surface area contributed by atoms with E-state index >= 15 is 0 Å². The molecule has 227 valence electrons. The van der Waals surface area contributed by atoms with E-state index in [1.54, 1.807) is 0 Å². The molecule has 0 atom stereocenters. The first-order valence-electron chi connectivity index (χ1n) is 11.1. The summed E-state index contributed by atoms with van der Waals surface area (Å²) in [6, 6.07) is 0. The normalized spacial score (nSPS) is 28.2. The Labute approximate surface area is 243 Å². The number of hydrogen-bond donors (Lipinski definition) is 7. The molecule has 0 aromatic carbocycles. The minimum atomic E-state index is -1.80. The Hall–Kier alpha value is 3.47. The first kappa shape index (κ1) is 42.6. The van der Waals surface area contributed by atoms with Crippen LogP contribution in [-0.2, 0) is 16.8 Å². The zero-order valence-corrected chi connectivity index (χ0v) is 33.7. The molecule has 0 unspecified atom stereocenters. The molecule has 0 amide bonds. The van der Waals surface area contributed by atoms with Gasteiger partial charge in [-0.2, -0.15) is 0 Å². The van der Waals surface area contributed by atoms with Crippen LogP contribution in [0.25, 0.3) is 19.4 Å². The van der Waals surface area contributed by atoms with Gasteiger partial charge in [-0.25, -0.2) is 0 Å². The standard InChI is InChI=1S/C16H52N8P8.Co.H3NO3/c1-25(2)17-26(3,4)19-28(7,8)21-30(11,12)23-32(15,16)24-31(13,14)22-29(9,10)20-27(5,6)18-25;;2-1(3)4/h17-19,24H,1-16H3;;2-4H/q+4;;. The molecule has 7 N–H and O–H groups in total. The van der Waals surface area contributed by atoms with Crippen LogP contribution in [0, 0.1) is 0 Å². The fourth-order valence-corrected chi connectivity index (χ4v) is 46.1. The quantitative estimate of drug-likeness (QED) is 0.0969. The predicted octanol–water partition coefficient (Wildman–Crippen LogP) is 8.16. The van der Waals surface area contributed by atoms with Gasteiger partial charge in [-0.1, -0.05) is 24.8 Å². The predicted molar refractivity (Wildman–Crippen MR) is 183 cm³/mol. The van der Waals surface area contributed by atoms with Gasteiger partial charge in [0.15, 0.2) is 0 Å². The van der Waals surface area contributed by atoms with Crippen molar-refractivity contribution in [1.82, 2.24) is 24.8 Å². The van der Waals surface area contributed by atoms with Crippen LogP contribution in [0.1, 0.15) is 0 Å². The summed E-state index contributed by atoms with van der Waals surface area (Å²) in [4.78, 5) is 37.5. The van der Waals surface area contributed by atoms with E-state index in [-0.39, 0.29) is 16.8 Å². The van der Waals surface area contributed by atoms with Crippen molar-refractivity contribution in [1.29, 1.82) is 0 Å². The van der Waals surface area contributed by atoms with Gasteiger partial charge in [0, 0.05) is 43.4 Å². The average molecular weight is 728 g/mol. The molecule has 12 nitrogen and oxygen atoms in total. The molecule has 1 rings (SSSR count).